The molecule has 0 spiro atoms. The molecule has 0 unspecified atom stereocenters. The highest BCUT2D eigenvalue weighted by Gasteiger charge is 2.42. The van der Waals surface area contributed by atoms with E-state index in [0.29, 0.717) is 31.6 Å². The van der Waals surface area contributed by atoms with E-state index in [1.165, 1.54) is 0 Å². The number of hydrogen-bond acceptors (Lipinski definition) is 5. The Morgan fingerprint density at radius 2 is 1.79 bits per heavy atom. The van der Waals surface area contributed by atoms with Crippen molar-refractivity contribution >= 4 is 11.7 Å². The summed E-state index contributed by atoms with van der Waals surface area (Å²) in [4.78, 5) is 18.9. The number of ether oxygens (including phenoxy) is 2. The second-order valence-electron chi connectivity index (χ2n) is 10.6. The number of aromatic nitrogens is 3. The predicted octanol–water partition coefficient (Wildman–Crippen LogP) is 5.57. The maximum absolute atomic E-state index is 13.1. The quantitative estimate of drug-likeness (QED) is 0.560. The Kier molecular flexibility index (Phi) is 6.56. The zero-order valence-electron chi connectivity index (χ0n) is 20.4. The lowest BCUT2D eigenvalue weighted by molar-refractivity contribution is -0.182. The van der Waals surface area contributed by atoms with Crippen molar-refractivity contribution < 1.29 is 27.4 Å². The van der Waals surface area contributed by atoms with E-state index in [0.717, 1.165) is 17.1 Å². The molecule has 0 bridgehead atoms. The van der Waals surface area contributed by atoms with Crippen LogP contribution in [0.4, 0.5) is 18.0 Å². The molecule has 7 nitrogen and oxygen atoms in total. The number of alkyl halides is 3. The highest BCUT2D eigenvalue weighted by Crippen LogP contribution is 2.42. The van der Waals surface area contributed by atoms with Crippen LogP contribution < -0.4 is 0 Å². The third-order valence-corrected chi connectivity index (χ3v) is 6.45. The van der Waals surface area contributed by atoms with Crippen LogP contribution in [0, 0.1) is 12.8 Å². The molecule has 3 heterocycles. The van der Waals surface area contributed by atoms with Gasteiger partial charge in [-0.3, -0.25) is 0 Å². The Labute approximate surface area is 197 Å². The summed E-state index contributed by atoms with van der Waals surface area (Å²) in [5.41, 5.74) is 2.33. The summed E-state index contributed by atoms with van der Waals surface area (Å²) in [7, 11) is 0. The standard InChI is InChI=1S/C24H33F3N4O3/c1-14-10-19(20-13-30(12-15(2)33-20)22(32)34-23(3,4)5)31-21(28-14)11-18(29-31)16-6-8-17(9-7-16)24(25,26)27/h10-11,15-17,20H,6-9,12-13H2,1-5H3/t15-,16?,17?,20-/m1/s1. The van der Waals surface area contributed by atoms with Crippen molar-refractivity contribution in [3.05, 3.63) is 29.2 Å². The molecular weight excluding hydrogens is 449 g/mol. The molecule has 10 heteroatoms. The lowest BCUT2D eigenvalue weighted by atomic mass is 9.80. The van der Waals surface area contributed by atoms with E-state index in [1.54, 1.807) is 9.42 Å². The molecule has 34 heavy (non-hydrogen) atoms. The minimum Gasteiger partial charge on any atom is -0.444 e. The molecule has 2 aromatic heterocycles. The van der Waals surface area contributed by atoms with Crippen LogP contribution in [0.15, 0.2) is 12.1 Å². The van der Waals surface area contributed by atoms with E-state index in [9.17, 15) is 18.0 Å². The second-order valence-corrected chi connectivity index (χ2v) is 10.6. The molecule has 0 radical (unpaired) electrons. The molecule has 1 aliphatic carbocycles. The molecule has 2 aliphatic rings. The van der Waals surface area contributed by atoms with Crippen molar-refractivity contribution in [3.63, 3.8) is 0 Å². The molecule has 0 N–H and O–H groups in total. The number of carbonyl (C=O) groups excluding carboxylic acids is 1. The van der Waals surface area contributed by atoms with Gasteiger partial charge in [0.15, 0.2) is 5.65 Å². The van der Waals surface area contributed by atoms with Crippen molar-refractivity contribution in [2.24, 2.45) is 5.92 Å². The fourth-order valence-corrected chi connectivity index (χ4v) is 4.88. The summed E-state index contributed by atoms with van der Waals surface area (Å²) >= 11 is 0. The number of carbonyl (C=O) groups is 1. The first kappa shape index (κ1) is 24.8. The van der Waals surface area contributed by atoms with Gasteiger partial charge < -0.3 is 14.4 Å². The SMILES string of the molecule is Cc1cc([C@H]2CN(C(=O)OC(C)(C)C)C[C@@H](C)O2)n2nc(C3CCC(C(F)(F)F)CC3)cc2n1. The number of fused-ring (bicyclic) bond motifs is 1. The van der Waals surface area contributed by atoms with Crippen LogP contribution in [0.1, 0.15) is 82.5 Å². The summed E-state index contributed by atoms with van der Waals surface area (Å²) in [6, 6.07) is 3.76. The number of rotatable bonds is 2. The minimum atomic E-state index is -4.13. The van der Waals surface area contributed by atoms with Crippen LogP contribution in [-0.2, 0) is 9.47 Å². The van der Waals surface area contributed by atoms with Crippen LogP contribution in [-0.4, -0.2) is 56.6 Å². The van der Waals surface area contributed by atoms with Crippen molar-refractivity contribution in [2.75, 3.05) is 13.1 Å². The summed E-state index contributed by atoms with van der Waals surface area (Å²) in [6.07, 6.45) is -4.03. The highest BCUT2D eigenvalue weighted by atomic mass is 19.4. The maximum atomic E-state index is 13.1. The largest absolute Gasteiger partial charge is 0.444 e. The monoisotopic (exact) mass is 482 g/mol. The second kappa shape index (κ2) is 9.02. The number of hydrogen-bond donors (Lipinski definition) is 0. The van der Waals surface area contributed by atoms with E-state index in [4.69, 9.17) is 14.6 Å². The molecule has 1 amide bonds. The molecule has 1 saturated heterocycles. The van der Waals surface area contributed by atoms with Crippen molar-refractivity contribution in [3.8, 4) is 0 Å². The zero-order valence-corrected chi connectivity index (χ0v) is 20.4. The van der Waals surface area contributed by atoms with E-state index >= 15 is 0 Å². The van der Waals surface area contributed by atoms with Gasteiger partial charge in [-0.1, -0.05) is 0 Å². The van der Waals surface area contributed by atoms with Crippen LogP contribution in [0.5, 0.6) is 0 Å². The van der Waals surface area contributed by atoms with Crippen molar-refractivity contribution in [1.82, 2.24) is 19.5 Å². The summed E-state index contributed by atoms with van der Waals surface area (Å²) < 4.78 is 52.7. The summed E-state index contributed by atoms with van der Waals surface area (Å²) in [5.74, 6) is -1.26. The Hall–Kier alpha value is -2.36. The van der Waals surface area contributed by atoms with E-state index in [-0.39, 0.29) is 24.9 Å². The smallest absolute Gasteiger partial charge is 0.410 e. The van der Waals surface area contributed by atoms with Crippen LogP contribution in [0.2, 0.25) is 0 Å². The Morgan fingerprint density at radius 1 is 1.12 bits per heavy atom. The third-order valence-electron chi connectivity index (χ3n) is 6.45. The van der Waals surface area contributed by atoms with Gasteiger partial charge in [0.1, 0.15) is 11.7 Å². The number of nitrogens with zero attached hydrogens (tertiary/aromatic N) is 4. The van der Waals surface area contributed by atoms with E-state index in [2.05, 4.69) is 4.98 Å². The summed E-state index contributed by atoms with van der Waals surface area (Å²) in [6.45, 7) is 10.0. The van der Waals surface area contributed by atoms with Gasteiger partial charge >= 0.3 is 12.3 Å². The first-order valence-corrected chi connectivity index (χ1v) is 11.9. The van der Waals surface area contributed by atoms with Gasteiger partial charge in [-0.2, -0.15) is 18.3 Å². The average molecular weight is 483 g/mol. The summed E-state index contributed by atoms with van der Waals surface area (Å²) in [5, 5.41) is 4.75. The number of aryl methyl sites for hydroxylation is 1. The fraction of sp³-hybridized carbons (Fsp3) is 0.708. The molecule has 188 valence electrons. The highest BCUT2D eigenvalue weighted by molar-refractivity contribution is 5.68. The zero-order chi connectivity index (χ0) is 24.8. The number of morpholine rings is 1. The molecule has 4 rings (SSSR count). The minimum absolute atomic E-state index is 0.0297. The predicted molar refractivity (Wildman–Crippen MR) is 120 cm³/mol. The third kappa shape index (κ3) is 5.47. The molecular formula is C24H33F3N4O3. The van der Waals surface area contributed by atoms with Gasteiger partial charge in [0.2, 0.25) is 0 Å². The fourth-order valence-electron chi connectivity index (χ4n) is 4.88. The molecule has 2 atom stereocenters. The normalized spacial score (nSPS) is 26.6. The lowest BCUT2D eigenvalue weighted by Gasteiger charge is -2.37. The van der Waals surface area contributed by atoms with Crippen LogP contribution in [0.3, 0.4) is 0 Å². The first-order valence-electron chi connectivity index (χ1n) is 11.9. The maximum Gasteiger partial charge on any atom is 0.410 e. The van der Waals surface area contributed by atoms with Crippen LogP contribution >= 0.6 is 0 Å². The topological polar surface area (TPSA) is 69.0 Å². The van der Waals surface area contributed by atoms with Crippen LogP contribution in [0.25, 0.3) is 5.65 Å². The Morgan fingerprint density at radius 3 is 2.41 bits per heavy atom. The van der Waals surface area contributed by atoms with Gasteiger partial charge in [-0.05, 0) is 66.4 Å². The van der Waals surface area contributed by atoms with Crippen molar-refractivity contribution in [1.29, 1.82) is 0 Å². The van der Waals surface area contributed by atoms with E-state index in [1.807, 2.05) is 46.8 Å². The Bertz CT molecular complexity index is 1040. The number of amides is 1. The van der Waals surface area contributed by atoms with Crippen molar-refractivity contribution in [2.45, 2.75) is 90.2 Å². The Balaban J connectivity index is 1.58. The molecule has 1 aliphatic heterocycles. The molecule has 2 aromatic rings. The average Bonchev–Trinajstić information content (AvgIpc) is 3.15. The van der Waals surface area contributed by atoms with Gasteiger partial charge in [0.25, 0.3) is 0 Å². The van der Waals surface area contributed by atoms with Gasteiger partial charge in [0.05, 0.1) is 36.5 Å². The van der Waals surface area contributed by atoms with E-state index < -0.39 is 29.9 Å². The molecule has 1 saturated carbocycles. The van der Waals surface area contributed by atoms with Gasteiger partial charge in [0, 0.05) is 17.7 Å². The lowest BCUT2D eigenvalue weighted by Crippen LogP contribution is -2.48. The van der Waals surface area contributed by atoms with Gasteiger partial charge in [-0.15, -0.1) is 0 Å². The molecule has 2 fully saturated rings. The van der Waals surface area contributed by atoms with Gasteiger partial charge in [-0.25, -0.2) is 14.3 Å². The number of halogens is 3. The molecule has 0 aromatic carbocycles. The first-order chi connectivity index (χ1) is 15.8.